The van der Waals surface area contributed by atoms with Crippen LogP contribution in [-0.4, -0.2) is 5.16 Å². The zero-order valence-corrected chi connectivity index (χ0v) is 9.46. The van der Waals surface area contributed by atoms with Crippen molar-refractivity contribution in [2.24, 2.45) is 0 Å². The van der Waals surface area contributed by atoms with Gasteiger partial charge in [0.25, 0.3) is 0 Å². The van der Waals surface area contributed by atoms with Crippen molar-refractivity contribution >= 4 is 5.82 Å². The van der Waals surface area contributed by atoms with Crippen LogP contribution in [0.3, 0.4) is 0 Å². The average molecular weight is 208 g/mol. The van der Waals surface area contributed by atoms with Gasteiger partial charge in [-0.1, -0.05) is 37.8 Å². The van der Waals surface area contributed by atoms with Crippen molar-refractivity contribution in [1.82, 2.24) is 5.16 Å². The van der Waals surface area contributed by atoms with Gasteiger partial charge in [-0.3, -0.25) is 0 Å². The SMILES string of the molecule is CCc1c(N)noc1C1CCCCCC1. The Bertz CT molecular complexity index is 311. The molecule has 0 radical (unpaired) electrons. The van der Waals surface area contributed by atoms with Gasteiger partial charge >= 0.3 is 0 Å². The number of nitrogens with zero attached hydrogens (tertiary/aromatic N) is 1. The van der Waals surface area contributed by atoms with E-state index < -0.39 is 0 Å². The molecule has 0 aliphatic heterocycles. The van der Waals surface area contributed by atoms with E-state index in [4.69, 9.17) is 10.3 Å². The molecule has 1 heterocycles. The zero-order chi connectivity index (χ0) is 10.7. The Labute approximate surface area is 91.0 Å². The monoisotopic (exact) mass is 208 g/mol. The summed E-state index contributed by atoms with van der Waals surface area (Å²) in [6.45, 7) is 2.11. The van der Waals surface area contributed by atoms with Gasteiger partial charge in [-0.25, -0.2) is 0 Å². The van der Waals surface area contributed by atoms with Crippen LogP contribution in [0.4, 0.5) is 5.82 Å². The molecule has 2 rings (SSSR count). The summed E-state index contributed by atoms with van der Waals surface area (Å²) >= 11 is 0. The highest BCUT2D eigenvalue weighted by atomic mass is 16.5. The first-order valence-electron chi connectivity index (χ1n) is 6.06. The molecule has 3 nitrogen and oxygen atoms in total. The highest BCUT2D eigenvalue weighted by Gasteiger charge is 2.22. The first kappa shape index (κ1) is 10.5. The number of hydrogen-bond acceptors (Lipinski definition) is 3. The van der Waals surface area contributed by atoms with Crippen molar-refractivity contribution < 1.29 is 4.52 Å². The molecule has 1 aliphatic rings. The summed E-state index contributed by atoms with van der Waals surface area (Å²) < 4.78 is 5.41. The van der Waals surface area contributed by atoms with Crippen LogP contribution in [0.15, 0.2) is 4.52 Å². The van der Waals surface area contributed by atoms with E-state index in [0.717, 1.165) is 17.7 Å². The van der Waals surface area contributed by atoms with Gasteiger partial charge in [0, 0.05) is 11.5 Å². The van der Waals surface area contributed by atoms with Gasteiger partial charge in [0.1, 0.15) is 5.76 Å². The molecular formula is C12H20N2O. The Hall–Kier alpha value is -0.990. The van der Waals surface area contributed by atoms with Crippen LogP contribution in [0.2, 0.25) is 0 Å². The predicted octanol–water partition coefficient (Wildman–Crippen LogP) is 3.26. The maximum atomic E-state index is 5.79. The molecule has 0 bridgehead atoms. The minimum Gasteiger partial charge on any atom is -0.381 e. The Morgan fingerprint density at radius 1 is 1.27 bits per heavy atom. The van der Waals surface area contributed by atoms with E-state index >= 15 is 0 Å². The second kappa shape index (κ2) is 4.69. The Morgan fingerprint density at radius 3 is 2.53 bits per heavy atom. The molecule has 3 heteroatoms. The quantitative estimate of drug-likeness (QED) is 0.759. The lowest BCUT2D eigenvalue weighted by atomic mass is 9.94. The molecule has 1 aliphatic carbocycles. The number of nitrogen functional groups attached to an aromatic ring is 1. The predicted molar refractivity (Wildman–Crippen MR) is 60.7 cm³/mol. The van der Waals surface area contributed by atoms with Crippen LogP contribution in [0.5, 0.6) is 0 Å². The van der Waals surface area contributed by atoms with E-state index in [2.05, 4.69) is 12.1 Å². The van der Waals surface area contributed by atoms with Crippen LogP contribution in [0.25, 0.3) is 0 Å². The summed E-state index contributed by atoms with van der Waals surface area (Å²) in [5.74, 6) is 2.22. The van der Waals surface area contributed by atoms with Crippen LogP contribution < -0.4 is 5.73 Å². The molecule has 1 fully saturated rings. The van der Waals surface area contributed by atoms with E-state index in [1.54, 1.807) is 0 Å². The van der Waals surface area contributed by atoms with Gasteiger partial charge in [-0.15, -0.1) is 0 Å². The van der Waals surface area contributed by atoms with Crippen LogP contribution in [-0.2, 0) is 6.42 Å². The molecule has 84 valence electrons. The van der Waals surface area contributed by atoms with Crippen molar-refractivity contribution in [3.05, 3.63) is 11.3 Å². The molecule has 15 heavy (non-hydrogen) atoms. The number of rotatable bonds is 2. The number of hydrogen-bond donors (Lipinski definition) is 1. The molecule has 1 aromatic rings. The third-order valence-electron chi connectivity index (χ3n) is 3.43. The zero-order valence-electron chi connectivity index (χ0n) is 9.46. The molecule has 2 N–H and O–H groups in total. The second-order valence-corrected chi connectivity index (χ2v) is 4.45. The normalized spacial score (nSPS) is 19.0. The second-order valence-electron chi connectivity index (χ2n) is 4.45. The lowest BCUT2D eigenvalue weighted by Gasteiger charge is -2.11. The van der Waals surface area contributed by atoms with Crippen molar-refractivity contribution in [2.75, 3.05) is 5.73 Å². The molecule has 1 aromatic heterocycles. The topological polar surface area (TPSA) is 52.0 Å². The summed E-state index contributed by atoms with van der Waals surface area (Å²) in [6.07, 6.45) is 8.76. The summed E-state index contributed by atoms with van der Waals surface area (Å²) in [4.78, 5) is 0. The molecule has 0 aromatic carbocycles. The maximum absolute atomic E-state index is 5.79. The van der Waals surface area contributed by atoms with Gasteiger partial charge in [0.15, 0.2) is 5.82 Å². The minimum absolute atomic E-state index is 0.562. The van der Waals surface area contributed by atoms with Crippen molar-refractivity contribution in [1.29, 1.82) is 0 Å². The first-order valence-corrected chi connectivity index (χ1v) is 6.06. The van der Waals surface area contributed by atoms with E-state index in [0.29, 0.717) is 11.7 Å². The van der Waals surface area contributed by atoms with E-state index in [-0.39, 0.29) is 0 Å². The van der Waals surface area contributed by atoms with Crippen molar-refractivity contribution in [3.8, 4) is 0 Å². The molecule has 0 spiro atoms. The highest BCUT2D eigenvalue weighted by Crippen LogP contribution is 2.35. The molecule has 1 saturated carbocycles. The standard InChI is InChI=1S/C12H20N2O/c1-2-10-11(15-14-12(10)13)9-7-5-3-4-6-8-9/h9H,2-8H2,1H3,(H2,13,14). The van der Waals surface area contributed by atoms with Gasteiger partial charge in [0.2, 0.25) is 0 Å². The fourth-order valence-corrected chi connectivity index (χ4v) is 2.55. The van der Waals surface area contributed by atoms with Crippen molar-refractivity contribution in [3.63, 3.8) is 0 Å². The van der Waals surface area contributed by atoms with E-state index in [9.17, 15) is 0 Å². The number of nitrogens with two attached hydrogens (primary N) is 1. The molecule has 0 saturated heterocycles. The molecule has 0 unspecified atom stereocenters. The fraction of sp³-hybridized carbons (Fsp3) is 0.750. The molecular weight excluding hydrogens is 188 g/mol. The lowest BCUT2D eigenvalue weighted by molar-refractivity contribution is 0.347. The fourth-order valence-electron chi connectivity index (χ4n) is 2.55. The third kappa shape index (κ3) is 2.16. The minimum atomic E-state index is 0.562. The van der Waals surface area contributed by atoms with E-state index in [1.807, 2.05) is 0 Å². The summed E-state index contributed by atoms with van der Waals surface area (Å²) in [5.41, 5.74) is 6.93. The van der Waals surface area contributed by atoms with Gasteiger partial charge in [-0.2, -0.15) is 0 Å². The average Bonchev–Trinajstić information content (AvgIpc) is 2.48. The van der Waals surface area contributed by atoms with Gasteiger partial charge in [-0.05, 0) is 19.3 Å². The van der Waals surface area contributed by atoms with Crippen LogP contribution in [0, 0.1) is 0 Å². The van der Waals surface area contributed by atoms with Gasteiger partial charge < -0.3 is 10.3 Å². The lowest BCUT2D eigenvalue weighted by Crippen LogP contribution is -2.00. The largest absolute Gasteiger partial charge is 0.381 e. The Morgan fingerprint density at radius 2 is 1.93 bits per heavy atom. The van der Waals surface area contributed by atoms with Crippen LogP contribution in [0.1, 0.15) is 62.7 Å². The smallest absolute Gasteiger partial charge is 0.170 e. The van der Waals surface area contributed by atoms with Gasteiger partial charge in [0.05, 0.1) is 0 Å². The summed E-state index contributed by atoms with van der Waals surface area (Å²) in [7, 11) is 0. The number of aromatic nitrogens is 1. The number of anilines is 1. The third-order valence-corrected chi connectivity index (χ3v) is 3.43. The first-order chi connectivity index (χ1) is 7.33. The Balaban J connectivity index is 2.19. The highest BCUT2D eigenvalue weighted by molar-refractivity contribution is 5.41. The molecule has 0 amide bonds. The summed E-state index contributed by atoms with van der Waals surface area (Å²) in [5, 5.41) is 3.90. The summed E-state index contributed by atoms with van der Waals surface area (Å²) in [6, 6.07) is 0. The maximum Gasteiger partial charge on any atom is 0.170 e. The van der Waals surface area contributed by atoms with E-state index in [1.165, 1.54) is 38.5 Å². The molecule has 0 atom stereocenters. The Kier molecular flexibility index (Phi) is 3.29. The van der Waals surface area contributed by atoms with Crippen molar-refractivity contribution in [2.45, 2.75) is 57.8 Å². The van der Waals surface area contributed by atoms with Crippen LogP contribution >= 0.6 is 0 Å².